The number of amidine groups is 1. The minimum atomic E-state index is -0.378. The van der Waals surface area contributed by atoms with E-state index in [0.29, 0.717) is 22.5 Å². The van der Waals surface area contributed by atoms with Crippen molar-refractivity contribution in [2.45, 2.75) is 25.9 Å². The molecule has 6 heteroatoms. The van der Waals surface area contributed by atoms with E-state index < -0.39 is 0 Å². The molecule has 0 radical (unpaired) electrons. The molecule has 2 aliphatic heterocycles. The number of hydrogen-bond donors (Lipinski definition) is 1. The monoisotopic (exact) mass is 390 g/mol. The van der Waals surface area contributed by atoms with E-state index in [-0.39, 0.29) is 12.1 Å². The highest BCUT2D eigenvalue weighted by atomic mass is 32.2. The van der Waals surface area contributed by atoms with Crippen LogP contribution in [0.4, 0.5) is 0 Å². The highest BCUT2D eigenvalue weighted by molar-refractivity contribution is 8.14. The van der Waals surface area contributed by atoms with E-state index in [2.05, 4.69) is 50.0 Å². The topological polar surface area (TPSA) is 57.1 Å². The first-order valence-electron chi connectivity index (χ1n) is 9.28. The second kappa shape index (κ2) is 7.64. The Labute approximate surface area is 168 Å². The number of hydrogen-bond acceptors (Lipinski definition) is 5. The summed E-state index contributed by atoms with van der Waals surface area (Å²) in [5.41, 5.74) is 2.81. The van der Waals surface area contributed by atoms with Crippen LogP contribution in [0.25, 0.3) is 5.70 Å². The molecule has 142 valence electrons. The molecule has 1 N–H and O–H groups in total. The maximum atomic E-state index is 12.9. The molecule has 2 heterocycles. The van der Waals surface area contributed by atoms with Crippen molar-refractivity contribution < 1.29 is 4.79 Å². The molecule has 0 fully saturated rings. The first kappa shape index (κ1) is 18.5. The molecule has 2 aromatic rings. The molecule has 0 saturated heterocycles. The second-order valence-corrected chi connectivity index (χ2v) is 8.00. The van der Waals surface area contributed by atoms with Gasteiger partial charge in [0.1, 0.15) is 5.70 Å². The van der Waals surface area contributed by atoms with Gasteiger partial charge in [0, 0.05) is 11.0 Å². The summed E-state index contributed by atoms with van der Waals surface area (Å²) in [4.78, 5) is 17.8. The highest BCUT2D eigenvalue weighted by Crippen LogP contribution is 2.31. The van der Waals surface area contributed by atoms with Crippen LogP contribution in [0.5, 0.6) is 0 Å². The van der Waals surface area contributed by atoms with Crippen LogP contribution >= 0.6 is 11.8 Å². The van der Waals surface area contributed by atoms with Gasteiger partial charge in [0.25, 0.3) is 5.91 Å². The average molecular weight is 391 g/mol. The van der Waals surface area contributed by atoms with Crippen molar-refractivity contribution in [2.24, 2.45) is 10.1 Å². The number of nitrogens with zero attached hydrogens (tertiary/aromatic N) is 3. The smallest absolute Gasteiger partial charge is 0.276 e. The Morgan fingerprint density at radius 2 is 1.96 bits per heavy atom. The number of carbonyl (C=O) groups is 1. The molecule has 2 aromatic carbocycles. The summed E-state index contributed by atoms with van der Waals surface area (Å²) in [6.07, 6.45) is 1.41. The SMILES string of the molecule is C=CCSC1=NN2C(=c3ccccc3=NC2c2ccc(C(C)C)cc2)C(=O)N1. The van der Waals surface area contributed by atoms with Crippen LogP contribution in [-0.2, 0) is 4.79 Å². The van der Waals surface area contributed by atoms with Crippen LogP contribution in [0.15, 0.2) is 71.3 Å². The molecule has 1 unspecified atom stereocenters. The molecule has 1 atom stereocenters. The van der Waals surface area contributed by atoms with Crippen LogP contribution < -0.4 is 15.9 Å². The number of nitrogens with one attached hydrogen (secondary N) is 1. The number of benzene rings is 2. The predicted octanol–water partition coefficient (Wildman–Crippen LogP) is 2.87. The number of para-hydroxylation sites is 1. The van der Waals surface area contributed by atoms with Gasteiger partial charge in [-0.05, 0) is 23.1 Å². The van der Waals surface area contributed by atoms with Crippen LogP contribution in [-0.4, -0.2) is 21.8 Å². The third-order valence-corrected chi connectivity index (χ3v) is 5.61. The van der Waals surface area contributed by atoms with E-state index in [1.807, 2.05) is 24.3 Å². The zero-order valence-electron chi connectivity index (χ0n) is 15.9. The lowest BCUT2D eigenvalue weighted by atomic mass is 10.0. The normalized spacial score (nSPS) is 18.0. The fourth-order valence-corrected chi connectivity index (χ4v) is 3.89. The van der Waals surface area contributed by atoms with Crippen molar-refractivity contribution in [1.82, 2.24) is 10.3 Å². The van der Waals surface area contributed by atoms with Crippen molar-refractivity contribution in [1.29, 1.82) is 0 Å². The first-order chi connectivity index (χ1) is 13.6. The van der Waals surface area contributed by atoms with Crippen molar-refractivity contribution in [3.63, 3.8) is 0 Å². The van der Waals surface area contributed by atoms with Gasteiger partial charge >= 0.3 is 0 Å². The summed E-state index contributed by atoms with van der Waals surface area (Å²) in [5, 5.41) is 11.5. The van der Waals surface area contributed by atoms with Crippen molar-refractivity contribution in [2.75, 3.05) is 5.75 Å². The predicted molar refractivity (Wildman–Crippen MR) is 114 cm³/mol. The zero-order chi connectivity index (χ0) is 19.7. The second-order valence-electron chi connectivity index (χ2n) is 6.99. The van der Waals surface area contributed by atoms with Gasteiger partial charge in [-0.15, -0.1) is 11.7 Å². The largest absolute Gasteiger partial charge is 0.298 e. The van der Waals surface area contributed by atoms with Crippen LogP contribution in [0.3, 0.4) is 0 Å². The van der Waals surface area contributed by atoms with Crippen LogP contribution in [0, 0.1) is 0 Å². The van der Waals surface area contributed by atoms with Gasteiger partial charge in [0.2, 0.25) is 0 Å². The quantitative estimate of drug-likeness (QED) is 0.817. The summed E-state index contributed by atoms with van der Waals surface area (Å²) in [6, 6.07) is 16.1. The molecule has 0 aromatic heterocycles. The van der Waals surface area contributed by atoms with E-state index in [4.69, 9.17) is 10.1 Å². The summed E-state index contributed by atoms with van der Waals surface area (Å²) < 4.78 is 0. The third kappa shape index (κ3) is 3.36. The van der Waals surface area contributed by atoms with E-state index in [1.165, 1.54) is 17.3 Å². The van der Waals surface area contributed by atoms with Gasteiger partial charge in [0.05, 0.1) is 5.36 Å². The summed E-state index contributed by atoms with van der Waals surface area (Å²) in [7, 11) is 0. The minimum absolute atomic E-state index is 0.160. The third-order valence-electron chi connectivity index (χ3n) is 4.75. The maximum Gasteiger partial charge on any atom is 0.276 e. The summed E-state index contributed by atoms with van der Waals surface area (Å²) in [5.74, 6) is 0.970. The van der Waals surface area contributed by atoms with E-state index >= 15 is 0 Å². The maximum absolute atomic E-state index is 12.9. The molecule has 5 nitrogen and oxygen atoms in total. The molecule has 0 aliphatic carbocycles. The average Bonchev–Trinajstić information content (AvgIpc) is 2.71. The van der Waals surface area contributed by atoms with E-state index in [0.717, 1.165) is 16.1 Å². The highest BCUT2D eigenvalue weighted by Gasteiger charge is 2.34. The van der Waals surface area contributed by atoms with Gasteiger partial charge in [-0.25, -0.2) is 5.01 Å². The molecule has 0 bridgehead atoms. The standard InChI is InChI=1S/C22H22N4OS/c1-4-13-28-22-24-21(27)19-17-7-5-6-8-18(17)23-20(26(19)25-22)16-11-9-15(10-12-16)14(2)3/h4-12,14,20H,1,13H2,2-3H3,(H,24,25,27). The molecular formula is C22H22N4OS. The number of amides is 1. The first-order valence-corrected chi connectivity index (χ1v) is 10.3. The van der Waals surface area contributed by atoms with E-state index in [1.54, 1.807) is 11.1 Å². The number of hydrazone groups is 1. The van der Waals surface area contributed by atoms with Gasteiger partial charge in [0.15, 0.2) is 11.3 Å². The summed E-state index contributed by atoms with van der Waals surface area (Å²) >= 11 is 1.45. The van der Waals surface area contributed by atoms with Crippen LogP contribution in [0.1, 0.15) is 37.1 Å². The lowest BCUT2D eigenvalue weighted by Gasteiger charge is -2.34. The molecule has 4 rings (SSSR count). The van der Waals surface area contributed by atoms with E-state index in [9.17, 15) is 4.79 Å². The molecule has 1 amide bonds. The molecule has 0 saturated carbocycles. The molecule has 28 heavy (non-hydrogen) atoms. The van der Waals surface area contributed by atoms with Gasteiger partial charge in [-0.3, -0.25) is 15.1 Å². The van der Waals surface area contributed by atoms with Crippen molar-refractivity contribution in [3.8, 4) is 0 Å². The number of carbonyl (C=O) groups excluding carboxylic acids is 1. The zero-order valence-corrected chi connectivity index (χ0v) is 16.7. The molecule has 2 aliphatic rings. The Balaban J connectivity index is 1.85. The summed E-state index contributed by atoms with van der Waals surface area (Å²) in [6.45, 7) is 8.08. The van der Waals surface area contributed by atoms with Gasteiger partial charge in [-0.2, -0.15) is 0 Å². The fourth-order valence-electron chi connectivity index (χ4n) is 3.30. The Kier molecular flexibility index (Phi) is 5.05. The number of fused-ring (bicyclic) bond motifs is 2. The fraction of sp³-hybridized carbons (Fsp3) is 0.227. The molecular weight excluding hydrogens is 368 g/mol. The Bertz CT molecular complexity index is 1070. The Morgan fingerprint density at radius 1 is 1.21 bits per heavy atom. The van der Waals surface area contributed by atoms with Crippen LogP contribution in [0.2, 0.25) is 0 Å². The minimum Gasteiger partial charge on any atom is -0.298 e. The Morgan fingerprint density at radius 3 is 2.68 bits per heavy atom. The molecule has 0 spiro atoms. The number of rotatable bonds is 4. The number of thioether (sulfide) groups is 1. The van der Waals surface area contributed by atoms with Gasteiger partial charge in [-0.1, -0.05) is 74.1 Å². The van der Waals surface area contributed by atoms with Crippen molar-refractivity contribution in [3.05, 3.63) is 82.9 Å². The van der Waals surface area contributed by atoms with Gasteiger partial charge < -0.3 is 0 Å². The lowest BCUT2D eigenvalue weighted by molar-refractivity contribution is -0.116. The lowest BCUT2D eigenvalue weighted by Crippen LogP contribution is -2.50. The van der Waals surface area contributed by atoms with Crippen molar-refractivity contribution >= 4 is 28.5 Å². The Hall–Kier alpha value is -2.86.